The molecule has 0 N–H and O–H groups in total. The summed E-state index contributed by atoms with van der Waals surface area (Å²) >= 11 is -2.99. The quantitative estimate of drug-likeness (QED) is 0.442. The molecular weight excluding hydrogens is 355 g/mol. The predicted octanol–water partition coefficient (Wildman–Crippen LogP) is 5.25. The molecule has 0 bridgehead atoms. The molecule has 2 nitrogen and oxygen atoms in total. The van der Waals surface area contributed by atoms with Gasteiger partial charge in [0.25, 0.3) is 0 Å². The Kier molecular flexibility index (Phi) is 9.19. The molecule has 0 saturated carbocycles. The van der Waals surface area contributed by atoms with Crippen LogP contribution in [0.4, 0.5) is 0 Å². The molecule has 0 aliphatic carbocycles. The fourth-order valence-electron chi connectivity index (χ4n) is 1.72. The van der Waals surface area contributed by atoms with Crippen LogP contribution in [0.3, 0.4) is 0 Å². The molecule has 0 radical (unpaired) electrons. The van der Waals surface area contributed by atoms with Crippen molar-refractivity contribution in [3.8, 4) is 0 Å². The molecular formula is C17H30O2Sn. The summed E-state index contributed by atoms with van der Waals surface area (Å²) < 4.78 is 8.96. The molecule has 0 aromatic carbocycles. The molecule has 0 fully saturated rings. The topological polar surface area (TPSA) is 26.3 Å². The van der Waals surface area contributed by atoms with Gasteiger partial charge in [-0.25, -0.2) is 0 Å². The molecule has 0 aliphatic rings. The molecule has 0 aromatic rings. The summed E-state index contributed by atoms with van der Waals surface area (Å²) in [6.45, 7) is 11.8. The van der Waals surface area contributed by atoms with E-state index in [2.05, 4.69) is 36.5 Å². The first-order valence-corrected chi connectivity index (χ1v) is 14.6. The third kappa shape index (κ3) is 7.32. The standard InChI is InChI=1S/C5H10O2.3C4H7.Sn/c1-5(2,3)4(6)7;3*1-3-4-2;/h1-3H3,(H,6,7);3*3-4H,1H2,2H3;/q;;;;+1/p-1. The second kappa shape index (κ2) is 9.43. The van der Waals surface area contributed by atoms with Gasteiger partial charge in [-0.2, -0.15) is 0 Å². The van der Waals surface area contributed by atoms with Gasteiger partial charge in [0, 0.05) is 0 Å². The average Bonchev–Trinajstić information content (AvgIpc) is 2.39. The molecule has 0 aliphatic heterocycles. The zero-order valence-electron chi connectivity index (χ0n) is 13.9. The van der Waals surface area contributed by atoms with Gasteiger partial charge in [0.1, 0.15) is 0 Å². The number of hydrogen-bond donors (Lipinski definition) is 0. The Balaban J connectivity index is 5.28. The van der Waals surface area contributed by atoms with Gasteiger partial charge >= 0.3 is 129 Å². The normalized spacial score (nSPS) is 16.1. The van der Waals surface area contributed by atoms with Crippen LogP contribution in [0.5, 0.6) is 0 Å². The molecule has 0 amide bonds. The molecule has 0 unspecified atom stereocenters. The maximum absolute atomic E-state index is 12.3. The molecule has 0 rings (SSSR count). The van der Waals surface area contributed by atoms with Crippen LogP contribution in [0.25, 0.3) is 0 Å². The van der Waals surface area contributed by atoms with Crippen molar-refractivity contribution in [1.29, 1.82) is 0 Å². The van der Waals surface area contributed by atoms with Crippen molar-refractivity contribution in [1.82, 2.24) is 0 Å². The number of carbonyl (C=O) groups excluding carboxylic acids is 1. The minimum absolute atomic E-state index is 0.0493. The van der Waals surface area contributed by atoms with E-state index in [0.29, 0.717) is 0 Å². The molecule has 0 atom stereocenters. The first-order valence-electron chi connectivity index (χ1n) is 7.38. The van der Waals surface area contributed by atoms with Crippen LogP contribution in [0, 0.1) is 5.41 Å². The Morgan fingerprint density at radius 2 is 1.25 bits per heavy atom. The van der Waals surface area contributed by atoms with E-state index in [1.165, 1.54) is 0 Å². The number of carbonyl (C=O) groups is 1. The SMILES string of the molecule is CC=C[CH2][Sn]([CH2]C=CC)([CH2]C=CC)[O]C(=O)C(C)(C)C. The Morgan fingerprint density at radius 1 is 0.900 bits per heavy atom. The second-order valence-corrected chi connectivity index (χ2v) is 17.0. The summed E-state index contributed by atoms with van der Waals surface area (Å²) in [4.78, 5) is 12.3. The van der Waals surface area contributed by atoms with Crippen LogP contribution in [0.15, 0.2) is 36.5 Å². The van der Waals surface area contributed by atoms with Gasteiger partial charge in [-0.15, -0.1) is 0 Å². The van der Waals surface area contributed by atoms with Gasteiger partial charge in [0.2, 0.25) is 0 Å². The zero-order chi connectivity index (χ0) is 15.6. The summed E-state index contributed by atoms with van der Waals surface area (Å²) in [6, 6.07) is 0. The Morgan fingerprint density at radius 3 is 1.50 bits per heavy atom. The van der Waals surface area contributed by atoms with Gasteiger partial charge < -0.3 is 0 Å². The molecule has 0 heterocycles. The summed E-state index contributed by atoms with van der Waals surface area (Å²) in [6.07, 6.45) is 12.7. The third-order valence-electron chi connectivity index (χ3n) is 3.10. The second-order valence-electron chi connectivity index (χ2n) is 6.14. The Bertz CT molecular complexity index is 337. The maximum atomic E-state index is 12.3. The fourth-order valence-corrected chi connectivity index (χ4v) is 11.6. The Hall–Kier alpha value is -0.511. The molecule has 20 heavy (non-hydrogen) atoms. The first-order chi connectivity index (χ1) is 9.31. The van der Waals surface area contributed by atoms with Gasteiger partial charge in [0.15, 0.2) is 0 Å². The molecule has 0 aromatic heterocycles. The average molecular weight is 385 g/mol. The number of hydrogen-bond acceptors (Lipinski definition) is 2. The van der Waals surface area contributed by atoms with Crippen molar-refractivity contribution in [3.05, 3.63) is 36.5 Å². The summed E-state index contributed by atoms with van der Waals surface area (Å²) in [5, 5.41) is 0. The van der Waals surface area contributed by atoms with Gasteiger partial charge in [0.05, 0.1) is 0 Å². The Labute approximate surface area is 129 Å². The van der Waals surface area contributed by atoms with E-state index in [1.807, 2.05) is 41.5 Å². The van der Waals surface area contributed by atoms with Gasteiger partial charge in [-0.3, -0.25) is 0 Å². The van der Waals surface area contributed by atoms with Crippen molar-refractivity contribution >= 4 is 24.8 Å². The molecule has 114 valence electrons. The molecule has 3 heteroatoms. The van der Waals surface area contributed by atoms with E-state index >= 15 is 0 Å². The van der Waals surface area contributed by atoms with Crippen molar-refractivity contribution in [2.24, 2.45) is 5.41 Å². The number of rotatable bonds is 7. The van der Waals surface area contributed by atoms with Crippen LogP contribution in [0.2, 0.25) is 13.3 Å². The van der Waals surface area contributed by atoms with Crippen LogP contribution >= 0.6 is 0 Å². The van der Waals surface area contributed by atoms with Crippen LogP contribution < -0.4 is 0 Å². The van der Waals surface area contributed by atoms with E-state index in [-0.39, 0.29) is 5.97 Å². The van der Waals surface area contributed by atoms with Crippen LogP contribution in [-0.2, 0) is 7.87 Å². The predicted molar refractivity (Wildman–Crippen MR) is 90.2 cm³/mol. The van der Waals surface area contributed by atoms with E-state index in [1.54, 1.807) is 0 Å². The van der Waals surface area contributed by atoms with Crippen molar-refractivity contribution in [2.75, 3.05) is 0 Å². The van der Waals surface area contributed by atoms with Crippen molar-refractivity contribution < 1.29 is 7.87 Å². The monoisotopic (exact) mass is 386 g/mol. The molecule has 0 spiro atoms. The van der Waals surface area contributed by atoms with Gasteiger partial charge in [-0.1, -0.05) is 0 Å². The number of allylic oxidation sites excluding steroid dienone is 6. The van der Waals surface area contributed by atoms with E-state index < -0.39 is 24.2 Å². The van der Waals surface area contributed by atoms with Crippen LogP contribution in [-0.4, -0.2) is 24.8 Å². The van der Waals surface area contributed by atoms with E-state index in [9.17, 15) is 4.79 Å². The van der Waals surface area contributed by atoms with Crippen molar-refractivity contribution in [2.45, 2.75) is 54.9 Å². The van der Waals surface area contributed by atoms with E-state index in [0.717, 1.165) is 13.3 Å². The first kappa shape index (κ1) is 19.5. The van der Waals surface area contributed by atoms with E-state index in [4.69, 9.17) is 3.07 Å². The fraction of sp³-hybridized carbons (Fsp3) is 0.588. The summed E-state index contributed by atoms with van der Waals surface area (Å²) in [7, 11) is 0. The summed E-state index contributed by atoms with van der Waals surface area (Å²) in [5.41, 5.74) is -0.427. The molecule has 0 saturated heterocycles. The third-order valence-corrected chi connectivity index (χ3v) is 13.3. The summed E-state index contributed by atoms with van der Waals surface area (Å²) in [5.74, 6) is -0.0493. The zero-order valence-corrected chi connectivity index (χ0v) is 16.8. The minimum atomic E-state index is -2.99. The van der Waals surface area contributed by atoms with Gasteiger partial charge in [-0.05, 0) is 0 Å². The van der Waals surface area contributed by atoms with Crippen LogP contribution in [0.1, 0.15) is 41.5 Å². The van der Waals surface area contributed by atoms with Crippen molar-refractivity contribution in [3.63, 3.8) is 0 Å².